The van der Waals surface area contributed by atoms with Gasteiger partial charge >= 0.3 is 11.7 Å². The molecule has 1 aromatic rings. The number of hydrogen-bond donors (Lipinski definition) is 0. The van der Waals surface area contributed by atoms with Crippen LogP contribution in [0.1, 0.15) is 13.8 Å². The number of benzene rings is 1. The van der Waals surface area contributed by atoms with Crippen LogP contribution < -0.4 is 4.74 Å². The summed E-state index contributed by atoms with van der Waals surface area (Å²) in [7, 11) is 0. The molecule has 0 saturated heterocycles. The van der Waals surface area contributed by atoms with Gasteiger partial charge in [-0.15, -0.1) is 0 Å². The van der Waals surface area contributed by atoms with Crippen LogP contribution in [-0.2, 0) is 9.53 Å². The van der Waals surface area contributed by atoms with E-state index in [1.807, 2.05) is 0 Å². The van der Waals surface area contributed by atoms with Crippen LogP contribution in [0.3, 0.4) is 0 Å². The monoisotopic (exact) mass is 284 g/mol. The maximum atomic E-state index is 11.3. The van der Waals surface area contributed by atoms with E-state index in [9.17, 15) is 25.0 Å². The number of carbonyl (C=O) groups is 1. The summed E-state index contributed by atoms with van der Waals surface area (Å²) in [6.45, 7) is 2.77. The van der Waals surface area contributed by atoms with E-state index in [1.54, 1.807) is 13.8 Å². The molecule has 0 atom stereocenters. The van der Waals surface area contributed by atoms with Gasteiger partial charge in [-0.1, -0.05) is 0 Å². The summed E-state index contributed by atoms with van der Waals surface area (Å²) in [4.78, 5) is 31.0. The average Bonchev–Trinajstić information content (AvgIpc) is 2.35. The fourth-order valence-corrected chi connectivity index (χ4v) is 1.32. The summed E-state index contributed by atoms with van der Waals surface area (Å²) >= 11 is 0. The molecule has 9 heteroatoms. The van der Waals surface area contributed by atoms with E-state index in [0.29, 0.717) is 0 Å². The summed E-state index contributed by atoms with van der Waals surface area (Å²) in [5.41, 5.74) is -1.02. The molecular formula is C11H12N2O7. The second-order valence-corrected chi connectivity index (χ2v) is 3.99. The third-order valence-corrected chi connectivity index (χ3v) is 2.06. The van der Waals surface area contributed by atoms with Crippen LogP contribution in [0, 0.1) is 20.2 Å². The Morgan fingerprint density at radius 2 is 1.90 bits per heavy atom. The van der Waals surface area contributed by atoms with E-state index < -0.39 is 33.8 Å². The quantitative estimate of drug-likeness (QED) is 0.443. The highest BCUT2D eigenvalue weighted by atomic mass is 16.6. The van der Waals surface area contributed by atoms with Crippen molar-refractivity contribution in [3.8, 4) is 5.75 Å². The normalized spacial score (nSPS) is 10.2. The van der Waals surface area contributed by atoms with Crippen molar-refractivity contribution in [1.82, 2.24) is 0 Å². The van der Waals surface area contributed by atoms with Gasteiger partial charge in [0.25, 0.3) is 5.69 Å². The first kappa shape index (κ1) is 15.3. The highest BCUT2D eigenvalue weighted by Crippen LogP contribution is 2.30. The summed E-state index contributed by atoms with van der Waals surface area (Å²) in [6.07, 6.45) is -0.335. The van der Waals surface area contributed by atoms with Crippen LogP contribution in [0.5, 0.6) is 5.75 Å². The van der Waals surface area contributed by atoms with Crippen LogP contribution in [0.25, 0.3) is 0 Å². The largest absolute Gasteiger partial charge is 0.475 e. The van der Waals surface area contributed by atoms with E-state index in [0.717, 1.165) is 18.2 Å². The van der Waals surface area contributed by atoms with Crippen LogP contribution in [0.4, 0.5) is 11.4 Å². The molecule has 0 heterocycles. The first-order valence-electron chi connectivity index (χ1n) is 5.56. The molecule has 1 rings (SSSR count). The molecule has 0 aliphatic heterocycles. The van der Waals surface area contributed by atoms with Gasteiger partial charge in [0.2, 0.25) is 0 Å². The molecule has 0 saturated carbocycles. The molecule has 0 radical (unpaired) electrons. The maximum Gasteiger partial charge on any atom is 0.344 e. The van der Waals surface area contributed by atoms with Gasteiger partial charge in [-0.3, -0.25) is 20.2 Å². The number of rotatable bonds is 6. The van der Waals surface area contributed by atoms with Crippen LogP contribution in [0.2, 0.25) is 0 Å². The molecule has 9 nitrogen and oxygen atoms in total. The molecular weight excluding hydrogens is 272 g/mol. The summed E-state index contributed by atoms with van der Waals surface area (Å²) in [5.74, 6) is -0.922. The smallest absolute Gasteiger partial charge is 0.344 e. The fourth-order valence-electron chi connectivity index (χ4n) is 1.32. The Morgan fingerprint density at radius 1 is 1.25 bits per heavy atom. The minimum atomic E-state index is -0.823. The van der Waals surface area contributed by atoms with Crippen molar-refractivity contribution < 1.29 is 24.1 Å². The van der Waals surface area contributed by atoms with Crippen molar-refractivity contribution in [3.05, 3.63) is 38.4 Å². The first-order valence-corrected chi connectivity index (χ1v) is 5.56. The molecule has 0 aliphatic rings. The predicted molar refractivity (Wildman–Crippen MR) is 66.5 cm³/mol. The van der Waals surface area contributed by atoms with Gasteiger partial charge in [0.05, 0.1) is 22.0 Å². The first-order chi connectivity index (χ1) is 9.31. The molecule has 1 aromatic carbocycles. The number of nitro groups is 2. The number of hydrogen-bond acceptors (Lipinski definition) is 7. The number of ether oxygens (including phenoxy) is 2. The van der Waals surface area contributed by atoms with Crippen LogP contribution in [0.15, 0.2) is 18.2 Å². The Labute approximate surface area is 113 Å². The lowest BCUT2D eigenvalue weighted by Gasteiger charge is -2.09. The minimum Gasteiger partial charge on any atom is -0.475 e. The molecule has 0 bridgehead atoms. The highest BCUT2D eigenvalue weighted by molar-refractivity contribution is 5.71. The van der Waals surface area contributed by atoms with Crippen LogP contribution >= 0.6 is 0 Å². The van der Waals surface area contributed by atoms with Crippen molar-refractivity contribution >= 4 is 17.3 Å². The van der Waals surface area contributed by atoms with E-state index in [4.69, 9.17) is 9.47 Å². The van der Waals surface area contributed by atoms with Crippen LogP contribution in [-0.4, -0.2) is 28.5 Å². The number of nitro benzene ring substituents is 2. The standard InChI is InChI=1S/C11H12N2O7/c1-7(2)20-11(14)6-19-10-4-3-8(12(15)16)5-9(10)13(17)18/h3-5,7H,6H2,1-2H3. The predicted octanol–water partition coefficient (Wildman–Crippen LogP) is 1.83. The average molecular weight is 284 g/mol. The minimum absolute atomic E-state index is 0.235. The zero-order valence-corrected chi connectivity index (χ0v) is 10.8. The fraction of sp³-hybridized carbons (Fsp3) is 0.364. The van der Waals surface area contributed by atoms with E-state index >= 15 is 0 Å². The van der Waals surface area contributed by atoms with Gasteiger partial charge in [-0.05, 0) is 19.9 Å². The van der Waals surface area contributed by atoms with E-state index in [-0.39, 0.29) is 11.9 Å². The van der Waals surface area contributed by atoms with Crippen molar-refractivity contribution in [2.45, 2.75) is 20.0 Å². The molecule has 0 fully saturated rings. The highest BCUT2D eigenvalue weighted by Gasteiger charge is 2.21. The third kappa shape index (κ3) is 4.19. The van der Waals surface area contributed by atoms with Gasteiger partial charge in [0.1, 0.15) is 0 Å². The molecule has 0 aromatic heterocycles. The van der Waals surface area contributed by atoms with Gasteiger partial charge < -0.3 is 9.47 Å². The lowest BCUT2D eigenvalue weighted by molar-refractivity contribution is -0.394. The number of carbonyl (C=O) groups excluding carboxylic acids is 1. The van der Waals surface area contributed by atoms with Gasteiger partial charge in [0.15, 0.2) is 12.4 Å². The Hall–Kier alpha value is -2.71. The topological polar surface area (TPSA) is 122 Å². The van der Waals surface area contributed by atoms with Crippen molar-refractivity contribution in [2.75, 3.05) is 6.61 Å². The van der Waals surface area contributed by atoms with Crippen molar-refractivity contribution in [1.29, 1.82) is 0 Å². The van der Waals surface area contributed by atoms with Crippen molar-refractivity contribution in [2.24, 2.45) is 0 Å². The molecule has 0 unspecified atom stereocenters. The number of nitrogens with zero attached hydrogens (tertiary/aromatic N) is 2. The van der Waals surface area contributed by atoms with Gasteiger partial charge in [-0.25, -0.2) is 4.79 Å². The third-order valence-electron chi connectivity index (χ3n) is 2.06. The van der Waals surface area contributed by atoms with Gasteiger partial charge in [-0.2, -0.15) is 0 Å². The second-order valence-electron chi connectivity index (χ2n) is 3.99. The molecule has 0 amide bonds. The lowest BCUT2D eigenvalue weighted by Crippen LogP contribution is -2.19. The summed E-state index contributed by atoms with van der Waals surface area (Å²) < 4.78 is 9.75. The SMILES string of the molecule is CC(C)OC(=O)COc1ccc([N+](=O)[O-])cc1[N+](=O)[O-]. The number of non-ortho nitro benzene ring substituents is 1. The Kier molecular flexibility index (Phi) is 4.95. The second kappa shape index (κ2) is 6.45. The maximum absolute atomic E-state index is 11.3. The lowest BCUT2D eigenvalue weighted by atomic mass is 10.2. The molecule has 0 N–H and O–H groups in total. The zero-order valence-electron chi connectivity index (χ0n) is 10.8. The zero-order chi connectivity index (χ0) is 15.3. The number of esters is 1. The van der Waals surface area contributed by atoms with Gasteiger partial charge in [0, 0.05) is 6.07 Å². The Morgan fingerprint density at radius 3 is 2.40 bits per heavy atom. The molecule has 0 aliphatic carbocycles. The summed E-state index contributed by atoms with van der Waals surface area (Å²) in [5, 5.41) is 21.3. The Bertz CT molecular complexity index is 542. The molecule has 108 valence electrons. The van der Waals surface area contributed by atoms with E-state index in [1.165, 1.54) is 0 Å². The van der Waals surface area contributed by atoms with Crippen molar-refractivity contribution in [3.63, 3.8) is 0 Å². The molecule has 20 heavy (non-hydrogen) atoms. The van der Waals surface area contributed by atoms with E-state index in [2.05, 4.69) is 0 Å². The Balaban J connectivity index is 2.87. The summed E-state index contributed by atoms with van der Waals surface area (Å²) in [6, 6.07) is 2.89. The molecule has 0 spiro atoms.